The second-order valence-electron chi connectivity index (χ2n) is 6.74. The molecule has 5 nitrogen and oxygen atoms in total. The number of nitrogens with zero attached hydrogens (tertiary/aromatic N) is 3. The molecule has 0 radical (unpaired) electrons. The van der Waals surface area contributed by atoms with Gasteiger partial charge in [0.25, 0.3) is 0 Å². The maximum absolute atomic E-state index is 10.5. The van der Waals surface area contributed by atoms with Crippen LogP contribution in [0, 0.1) is 0 Å². The summed E-state index contributed by atoms with van der Waals surface area (Å²) in [5.41, 5.74) is 1.10. The van der Waals surface area contributed by atoms with Gasteiger partial charge in [-0.1, -0.05) is 12.1 Å². The van der Waals surface area contributed by atoms with Gasteiger partial charge in [-0.25, -0.2) is 4.98 Å². The second kappa shape index (κ2) is 7.45. The van der Waals surface area contributed by atoms with E-state index in [1.165, 1.54) is 16.1 Å². The standard InChI is InChI=1S/C18H25N3O2S/c22-14(12-20-8-10-23-11-9-20)13-21-7-3-5-16(21)18-19-15-4-1-2-6-17(15)24-18/h1-2,4,6,14,16,22H,3,5,7-13H2/t14-,16-/m0/s1. The normalized spacial score (nSPS) is 24.6. The Morgan fingerprint density at radius 3 is 2.88 bits per heavy atom. The molecule has 0 bridgehead atoms. The highest BCUT2D eigenvalue weighted by Crippen LogP contribution is 2.36. The highest BCUT2D eigenvalue weighted by Gasteiger charge is 2.30. The highest BCUT2D eigenvalue weighted by atomic mass is 32.1. The van der Waals surface area contributed by atoms with Crippen molar-refractivity contribution in [1.29, 1.82) is 0 Å². The van der Waals surface area contributed by atoms with Gasteiger partial charge < -0.3 is 9.84 Å². The lowest BCUT2D eigenvalue weighted by Gasteiger charge is -2.31. The van der Waals surface area contributed by atoms with Crippen LogP contribution >= 0.6 is 11.3 Å². The third-order valence-electron chi connectivity index (χ3n) is 4.98. The van der Waals surface area contributed by atoms with E-state index < -0.39 is 0 Å². The van der Waals surface area contributed by atoms with Crippen molar-refractivity contribution >= 4 is 21.6 Å². The van der Waals surface area contributed by atoms with Crippen molar-refractivity contribution in [2.45, 2.75) is 25.0 Å². The first-order valence-corrected chi connectivity index (χ1v) is 9.69. The van der Waals surface area contributed by atoms with E-state index in [9.17, 15) is 5.11 Å². The zero-order valence-corrected chi connectivity index (χ0v) is 14.7. The van der Waals surface area contributed by atoms with Crippen LogP contribution in [-0.4, -0.2) is 71.9 Å². The molecule has 2 atom stereocenters. The fraction of sp³-hybridized carbons (Fsp3) is 0.611. The van der Waals surface area contributed by atoms with E-state index in [2.05, 4.69) is 28.0 Å². The van der Waals surface area contributed by atoms with Gasteiger partial charge in [-0.2, -0.15) is 0 Å². The maximum atomic E-state index is 10.5. The fourth-order valence-corrected chi connectivity index (χ4v) is 4.90. The molecule has 1 aromatic heterocycles. The molecule has 3 heterocycles. The molecule has 130 valence electrons. The average molecular weight is 347 g/mol. The second-order valence-corrected chi connectivity index (χ2v) is 7.80. The topological polar surface area (TPSA) is 48.8 Å². The van der Waals surface area contributed by atoms with Crippen molar-refractivity contribution < 1.29 is 9.84 Å². The van der Waals surface area contributed by atoms with Gasteiger partial charge in [-0.15, -0.1) is 11.3 Å². The summed E-state index contributed by atoms with van der Waals surface area (Å²) in [6.07, 6.45) is 2.02. The van der Waals surface area contributed by atoms with Crippen molar-refractivity contribution in [1.82, 2.24) is 14.8 Å². The summed E-state index contributed by atoms with van der Waals surface area (Å²) in [4.78, 5) is 9.56. The van der Waals surface area contributed by atoms with E-state index in [-0.39, 0.29) is 6.10 Å². The number of β-amino-alcohol motifs (C(OH)–C–C–N with tert-alkyl or cyclic N) is 1. The lowest BCUT2D eigenvalue weighted by molar-refractivity contribution is 0.00585. The Labute approximate surface area is 146 Å². The van der Waals surface area contributed by atoms with Gasteiger partial charge in [-0.05, 0) is 31.5 Å². The van der Waals surface area contributed by atoms with Crippen LogP contribution in [-0.2, 0) is 4.74 Å². The van der Waals surface area contributed by atoms with Gasteiger partial charge in [0.1, 0.15) is 5.01 Å². The minimum absolute atomic E-state index is 0.307. The van der Waals surface area contributed by atoms with Gasteiger partial charge >= 0.3 is 0 Å². The number of para-hydroxylation sites is 1. The molecule has 1 aromatic carbocycles. The number of rotatable bonds is 5. The Balaban J connectivity index is 1.40. The highest BCUT2D eigenvalue weighted by molar-refractivity contribution is 7.18. The molecule has 1 N–H and O–H groups in total. The molecule has 0 unspecified atom stereocenters. The van der Waals surface area contributed by atoms with E-state index in [4.69, 9.17) is 9.72 Å². The summed E-state index contributed by atoms with van der Waals surface area (Å²) in [7, 11) is 0. The van der Waals surface area contributed by atoms with Gasteiger partial charge in [0.15, 0.2) is 0 Å². The summed E-state index contributed by atoms with van der Waals surface area (Å²) in [5, 5.41) is 11.7. The SMILES string of the molecule is O[C@@H](CN1CCOCC1)CN1CCC[C@H]1c1nc2ccccc2s1. The number of hydrogen-bond acceptors (Lipinski definition) is 6. The van der Waals surface area contributed by atoms with Crippen molar-refractivity contribution in [3.8, 4) is 0 Å². The van der Waals surface area contributed by atoms with Crippen LogP contribution in [0.1, 0.15) is 23.9 Å². The van der Waals surface area contributed by atoms with Crippen LogP contribution in [0.3, 0.4) is 0 Å². The van der Waals surface area contributed by atoms with Crippen LogP contribution in [0.15, 0.2) is 24.3 Å². The van der Waals surface area contributed by atoms with Gasteiger partial charge in [0, 0.05) is 26.2 Å². The molecule has 24 heavy (non-hydrogen) atoms. The van der Waals surface area contributed by atoms with Crippen LogP contribution in [0.4, 0.5) is 0 Å². The fourth-order valence-electron chi connectivity index (χ4n) is 3.77. The Morgan fingerprint density at radius 1 is 1.21 bits per heavy atom. The third-order valence-corrected chi connectivity index (χ3v) is 6.11. The van der Waals surface area contributed by atoms with Crippen molar-refractivity contribution in [2.24, 2.45) is 0 Å². The first-order chi connectivity index (χ1) is 11.8. The van der Waals surface area contributed by atoms with E-state index in [1.807, 2.05) is 6.07 Å². The van der Waals surface area contributed by atoms with E-state index in [0.29, 0.717) is 6.04 Å². The van der Waals surface area contributed by atoms with Gasteiger partial charge in [-0.3, -0.25) is 9.80 Å². The predicted molar refractivity (Wildman–Crippen MR) is 96.4 cm³/mol. The Hall–Kier alpha value is -1.05. The quantitative estimate of drug-likeness (QED) is 0.898. The molecule has 6 heteroatoms. The number of thiazole rings is 1. The Morgan fingerprint density at radius 2 is 2.04 bits per heavy atom. The lowest BCUT2D eigenvalue weighted by Crippen LogP contribution is -2.44. The Kier molecular flexibility index (Phi) is 5.10. The average Bonchev–Trinajstić information content (AvgIpc) is 3.21. The molecule has 0 aliphatic carbocycles. The number of aliphatic hydroxyl groups excluding tert-OH is 1. The monoisotopic (exact) mass is 347 g/mol. The number of fused-ring (bicyclic) bond motifs is 1. The summed E-state index contributed by atoms with van der Waals surface area (Å²) in [5.74, 6) is 0. The zero-order chi connectivity index (χ0) is 16.4. The molecule has 2 aromatic rings. The van der Waals surface area contributed by atoms with E-state index in [1.54, 1.807) is 11.3 Å². The largest absolute Gasteiger partial charge is 0.390 e. The van der Waals surface area contributed by atoms with Crippen molar-refractivity contribution in [2.75, 3.05) is 45.9 Å². The first-order valence-electron chi connectivity index (χ1n) is 8.87. The zero-order valence-electron chi connectivity index (χ0n) is 13.9. The molecule has 2 fully saturated rings. The summed E-state index contributed by atoms with van der Waals surface area (Å²) < 4.78 is 6.64. The number of ether oxygens (including phenoxy) is 1. The maximum Gasteiger partial charge on any atom is 0.111 e. The van der Waals surface area contributed by atoms with E-state index >= 15 is 0 Å². The molecule has 2 aliphatic rings. The number of benzene rings is 1. The van der Waals surface area contributed by atoms with Crippen molar-refractivity contribution in [3.05, 3.63) is 29.3 Å². The molecule has 0 amide bonds. The Bertz CT molecular complexity index is 638. The smallest absolute Gasteiger partial charge is 0.111 e. The molecule has 2 saturated heterocycles. The van der Waals surface area contributed by atoms with E-state index in [0.717, 1.165) is 57.9 Å². The molecule has 2 aliphatic heterocycles. The molecular weight excluding hydrogens is 322 g/mol. The number of aromatic nitrogens is 1. The summed E-state index contributed by atoms with van der Waals surface area (Å²) >= 11 is 1.80. The first kappa shape index (κ1) is 16.4. The summed E-state index contributed by atoms with van der Waals surface area (Å²) in [6.45, 7) is 5.96. The minimum Gasteiger partial charge on any atom is -0.390 e. The van der Waals surface area contributed by atoms with Crippen molar-refractivity contribution in [3.63, 3.8) is 0 Å². The molecular formula is C18H25N3O2S. The number of morpholine rings is 1. The van der Waals surface area contributed by atoms with Gasteiger partial charge in [0.2, 0.25) is 0 Å². The number of likely N-dealkylation sites (tertiary alicyclic amines) is 1. The number of aliphatic hydroxyl groups is 1. The predicted octanol–water partition coefficient (Wildman–Crippen LogP) is 2.13. The van der Waals surface area contributed by atoms with Crippen LogP contribution in [0.2, 0.25) is 0 Å². The molecule has 4 rings (SSSR count). The molecule has 0 saturated carbocycles. The van der Waals surface area contributed by atoms with Crippen LogP contribution in [0.25, 0.3) is 10.2 Å². The van der Waals surface area contributed by atoms with Gasteiger partial charge in [0.05, 0.1) is 35.6 Å². The summed E-state index contributed by atoms with van der Waals surface area (Å²) in [6, 6.07) is 8.71. The lowest BCUT2D eigenvalue weighted by atomic mass is 10.2. The minimum atomic E-state index is -0.307. The molecule has 0 spiro atoms. The number of hydrogen-bond donors (Lipinski definition) is 1. The van der Waals surface area contributed by atoms with Crippen LogP contribution in [0.5, 0.6) is 0 Å². The third kappa shape index (κ3) is 3.63. The van der Waals surface area contributed by atoms with Crippen LogP contribution < -0.4 is 0 Å².